The molecule has 1 fully saturated rings. The molecule has 0 saturated carbocycles. The van der Waals surface area contributed by atoms with Crippen LogP contribution in [0.2, 0.25) is 0 Å². The van der Waals surface area contributed by atoms with Crippen molar-refractivity contribution in [3.05, 3.63) is 11.8 Å². The quantitative estimate of drug-likeness (QED) is 0.845. The molecule has 0 aliphatic carbocycles. The van der Waals surface area contributed by atoms with Crippen molar-refractivity contribution in [2.45, 2.75) is 19.8 Å². The van der Waals surface area contributed by atoms with Gasteiger partial charge < -0.3 is 9.84 Å². The van der Waals surface area contributed by atoms with E-state index in [0.29, 0.717) is 24.4 Å². The number of carbonyl (C=O) groups excluding carboxylic acids is 1. The summed E-state index contributed by atoms with van der Waals surface area (Å²) < 4.78 is 27.6. The summed E-state index contributed by atoms with van der Waals surface area (Å²) in [7, 11) is -3.07. The van der Waals surface area contributed by atoms with Gasteiger partial charge in [0.05, 0.1) is 17.4 Å². The SMILES string of the molecule is Cc1cc(NC(=O)C2CCCS(=O)(=O)C2)no1. The van der Waals surface area contributed by atoms with Gasteiger partial charge in [-0.2, -0.15) is 0 Å². The molecular formula is C10H14N2O4S. The molecular weight excluding hydrogens is 244 g/mol. The second kappa shape index (κ2) is 4.48. The van der Waals surface area contributed by atoms with Gasteiger partial charge >= 0.3 is 0 Å². The van der Waals surface area contributed by atoms with Gasteiger partial charge in [-0.05, 0) is 19.8 Å². The number of sulfone groups is 1. The van der Waals surface area contributed by atoms with Crippen molar-refractivity contribution in [2.75, 3.05) is 16.8 Å². The first-order valence-electron chi connectivity index (χ1n) is 5.41. The fraction of sp³-hybridized carbons (Fsp3) is 0.600. The van der Waals surface area contributed by atoms with Gasteiger partial charge in [-0.1, -0.05) is 5.16 Å². The Morgan fingerprint density at radius 3 is 2.94 bits per heavy atom. The van der Waals surface area contributed by atoms with Gasteiger partial charge in [0.2, 0.25) is 5.91 Å². The Hall–Kier alpha value is -1.37. The molecule has 6 nitrogen and oxygen atoms in total. The minimum Gasteiger partial charge on any atom is -0.360 e. The van der Waals surface area contributed by atoms with E-state index in [0.717, 1.165) is 0 Å². The van der Waals surface area contributed by atoms with Crippen LogP contribution < -0.4 is 5.32 Å². The van der Waals surface area contributed by atoms with E-state index in [1.54, 1.807) is 13.0 Å². The van der Waals surface area contributed by atoms with Crippen molar-refractivity contribution in [1.29, 1.82) is 0 Å². The largest absolute Gasteiger partial charge is 0.360 e. The highest BCUT2D eigenvalue weighted by Gasteiger charge is 2.30. The normalized spacial score (nSPS) is 23.2. The highest BCUT2D eigenvalue weighted by atomic mass is 32.2. The fourth-order valence-electron chi connectivity index (χ4n) is 1.88. The van der Waals surface area contributed by atoms with Crippen LogP contribution in [0.5, 0.6) is 0 Å². The molecule has 17 heavy (non-hydrogen) atoms. The lowest BCUT2D eigenvalue weighted by Gasteiger charge is -2.20. The lowest BCUT2D eigenvalue weighted by atomic mass is 10.0. The van der Waals surface area contributed by atoms with Gasteiger partial charge in [-0.3, -0.25) is 4.79 Å². The molecule has 1 N–H and O–H groups in total. The molecule has 1 amide bonds. The summed E-state index contributed by atoms with van der Waals surface area (Å²) in [4.78, 5) is 11.8. The van der Waals surface area contributed by atoms with Crippen LogP contribution in [0.25, 0.3) is 0 Å². The number of rotatable bonds is 2. The summed E-state index contributed by atoms with van der Waals surface area (Å²) in [6, 6.07) is 1.59. The third-order valence-corrected chi connectivity index (χ3v) is 4.53. The van der Waals surface area contributed by atoms with Crippen molar-refractivity contribution in [1.82, 2.24) is 5.16 Å². The number of aromatic nitrogens is 1. The number of amides is 1. The molecule has 2 rings (SSSR count). The topological polar surface area (TPSA) is 89.3 Å². The maximum absolute atomic E-state index is 11.8. The summed E-state index contributed by atoms with van der Waals surface area (Å²) in [6.07, 6.45) is 1.14. The predicted octanol–water partition coefficient (Wildman–Crippen LogP) is 0.746. The van der Waals surface area contributed by atoms with Crippen molar-refractivity contribution in [3.8, 4) is 0 Å². The minimum atomic E-state index is -3.07. The molecule has 1 aromatic heterocycles. The summed E-state index contributed by atoms with van der Waals surface area (Å²) >= 11 is 0. The molecule has 1 aliphatic rings. The molecule has 1 aromatic rings. The molecule has 0 spiro atoms. The van der Waals surface area contributed by atoms with Crippen molar-refractivity contribution in [3.63, 3.8) is 0 Å². The number of nitrogens with one attached hydrogen (secondary N) is 1. The van der Waals surface area contributed by atoms with Gasteiger partial charge in [-0.25, -0.2) is 8.42 Å². The predicted molar refractivity (Wildman–Crippen MR) is 61.2 cm³/mol. The lowest BCUT2D eigenvalue weighted by molar-refractivity contribution is -0.119. The Morgan fingerprint density at radius 1 is 1.59 bits per heavy atom. The number of nitrogens with zero attached hydrogens (tertiary/aromatic N) is 1. The first-order chi connectivity index (χ1) is 7.96. The molecule has 94 valence electrons. The third-order valence-electron chi connectivity index (χ3n) is 2.71. The van der Waals surface area contributed by atoms with Crippen LogP contribution in [0.1, 0.15) is 18.6 Å². The zero-order chi connectivity index (χ0) is 12.5. The molecule has 1 unspecified atom stereocenters. The summed E-state index contributed by atoms with van der Waals surface area (Å²) in [5, 5.41) is 6.19. The summed E-state index contributed by atoms with van der Waals surface area (Å²) in [5.74, 6) is 0.245. The lowest BCUT2D eigenvalue weighted by Crippen LogP contribution is -2.34. The molecule has 7 heteroatoms. The standard InChI is InChI=1S/C10H14N2O4S/c1-7-5-9(12-16-7)11-10(13)8-3-2-4-17(14,15)6-8/h5,8H,2-4,6H2,1H3,(H,11,12,13). The molecule has 1 saturated heterocycles. The van der Waals surface area contributed by atoms with E-state index in [9.17, 15) is 13.2 Å². The second-order valence-electron chi connectivity index (χ2n) is 4.27. The van der Waals surface area contributed by atoms with Gasteiger partial charge in [0.15, 0.2) is 15.7 Å². The van der Waals surface area contributed by atoms with Crippen LogP contribution in [-0.4, -0.2) is 31.0 Å². The van der Waals surface area contributed by atoms with Crippen LogP contribution in [0.3, 0.4) is 0 Å². The van der Waals surface area contributed by atoms with Crippen LogP contribution in [-0.2, 0) is 14.6 Å². The number of hydrogen-bond acceptors (Lipinski definition) is 5. The Balaban J connectivity index is 2.01. The smallest absolute Gasteiger partial charge is 0.229 e. The summed E-state index contributed by atoms with van der Waals surface area (Å²) in [6.45, 7) is 1.72. The zero-order valence-corrected chi connectivity index (χ0v) is 10.3. The highest BCUT2D eigenvalue weighted by molar-refractivity contribution is 7.91. The van der Waals surface area contributed by atoms with Crippen molar-refractivity contribution in [2.24, 2.45) is 5.92 Å². The molecule has 2 heterocycles. The van der Waals surface area contributed by atoms with Crippen LogP contribution in [0.4, 0.5) is 5.82 Å². The van der Waals surface area contributed by atoms with Gasteiger partial charge in [0.25, 0.3) is 0 Å². The average molecular weight is 258 g/mol. The van der Waals surface area contributed by atoms with E-state index in [2.05, 4.69) is 10.5 Å². The van der Waals surface area contributed by atoms with E-state index >= 15 is 0 Å². The van der Waals surface area contributed by atoms with Gasteiger partial charge in [-0.15, -0.1) is 0 Å². The Morgan fingerprint density at radius 2 is 2.35 bits per heavy atom. The van der Waals surface area contributed by atoms with Crippen LogP contribution >= 0.6 is 0 Å². The monoisotopic (exact) mass is 258 g/mol. The summed E-state index contributed by atoms with van der Waals surface area (Å²) in [5.41, 5.74) is 0. The fourth-order valence-corrected chi connectivity index (χ4v) is 3.59. The third kappa shape index (κ3) is 3.06. The Kier molecular flexibility index (Phi) is 3.19. The minimum absolute atomic E-state index is 0.0737. The maximum Gasteiger partial charge on any atom is 0.229 e. The number of hydrogen-bond donors (Lipinski definition) is 1. The Labute approximate surface area is 99.3 Å². The molecule has 1 atom stereocenters. The molecule has 1 aliphatic heterocycles. The van der Waals surface area contributed by atoms with Crippen molar-refractivity contribution < 1.29 is 17.7 Å². The molecule has 0 radical (unpaired) electrons. The maximum atomic E-state index is 11.8. The van der Waals surface area contributed by atoms with E-state index in [1.807, 2.05) is 0 Å². The van der Waals surface area contributed by atoms with Crippen LogP contribution in [0, 0.1) is 12.8 Å². The second-order valence-corrected chi connectivity index (χ2v) is 6.49. The average Bonchev–Trinajstić information content (AvgIpc) is 2.62. The first-order valence-corrected chi connectivity index (χ1v) is 7.23. The van der Waals surface area contributed by atoms with Gasteiger partial charge in [0.1, 0.15) is 5.76 Å². The van der Waals surface area contributed by atoms with Crippen LogP contribution in [0.15, 0.2) is 10.6 Å². The number of aryl methyl sites for hydroxylation is 1. The van der Waals surface area contributed by atoms with E-state index in [4.69, 9.17) is 4.52 Å². The number of anilines is 1. The first kappa shape index (κ1) is 12.1. The van der Waals surface area contributed by atoms with Crippen molar-refractivity contribution >= 4 is 21.6 Å². The van der Waals surface area contributed by atoms with E-state index in [-0.39, 0.29) is 17.4 Å². The Bertz CT molecular complexity index is 520. The van der Waals surface area contributed by atoms with E-state index < -0.39 is 15.8 Å². The number of carbonyl (C=O) groups is 1. The van der Waals surface area contributed by atoms with Gasteiger partial charge in [0, 0.05) is 6.07 Å². The highest BCUT2D eigenvalue weighted by Crippen LogP contribution is 2.20. The van der Waals surface area contributed by atoms with E-state index in [1.165, 1.54) is 0 Å². The zero-order valence-electron chi connectivity index (χ0n) is 9.47. The molecule has 0 aromatic carbocycles. The molecule has 0 bridgehead atoms.